The number of anilines is 2. The molecule has 0 amide bonds. The van der Waals surface area contributed by atoms with E-state index in [4.69, 9.17) is 14.7 Å². The summed E-state index contributed by atoms with van der Waals surface area (Å²) in [5, 5.41) is 8.46. The van der Waals surface area contributed by atoms with Gasteiger partial charge < -0.3 is 19.6 Å². The van der Waals surface area contributed by atoms with Crippen molar-refractivity contribution in [3.05, 3.63) is 42.0 Å². The van der Waals surface area contributed by atoms with Gasteiger partial charge in [-0.1, -0.05) is 5.16 Å². The Morgan fingerprint density at radius 1 is 1.14 bits per heavy atom. The fourth-order valence-electron chi connectivity index (χ4n) is 3.43. The summed E-state index contributed by atoms with van der Waals surface area (Å²) in [6, 6.07) is 7.50. The molecule has 144 valence electrons. The lowest BCUT2D eigenvalue weighted by Crippen LogP contribution is -2.46. The molecule has 0 saturated carbocycles. The first-order chi connectivity index (χ1) is 13.7. The van der Waals surface area contributed by atoms with Crippen LogP contribution in [-0.2, 0) is 6.54 Å². The number of aromatic nitrogens is 5. The Hall–Kier alpha value is -3.40. The molecule has 28 heavy (non-hydrogen) atoms. The standard InChI is InChI=1S/C18H20N8O2/c1-12-9-13(23-28-12)11-24-4-6-25(7-5-24)15-10-16-20-17(14-3-2-8-27-14)22-26(16)18(19)21-15/h2-3,8-10H,4-7,11H2,1H3,(H2,19,21). The minimum atomic E-state index is 0.304. The van der Waals surface area contributed by atoms with Gasteiger partial charge in [0, 0.05) is 44.9 Å². The minimum absolute atomic E-state index is 0.304. The molecule has 10 heteroatoms. The molecule has 5 heterocycles. The number of nitrogens with zero attached hydrogens (tertiary/aromatic N) is 7. The van der Waals surface area contributed by atoms with Crippen LogP contribution >= 0.6 is 0 Å². The van der Waals surface area contributed by atoms with Crippen molar-refractivity contribution in [2.45, 2.75) is 13.5 Å². The Bertz CT molecular complexity index is 1090. The largest absolute Gasteiger partial charge is 0.461 e. The molecule has 0 atom stereocenters. The van der Waals surface area contributed by atoms with E-state index < -0.39 is 0 Å². The minimum Gasteiger partial charge on any atom is -0.461 e. The number of fused-ring (bicyclic) bond motifs is 1. The summed E-state index contributed by atoms with van der Waals surface area (Å²) in [5.41, 5.74) is 7.73. The van der Waals surface area contributed by atoms with Crippen LogP contribution in [0.4, 0.5) is 11.8 Å². The van der Waals surface area contributed by atoms with Gasteiger partial charge in [0.25, 0.3) is 0 Å². The molecule has 0 spiro atoms. The van der Waals surface area contributed by atoms with Gasteiger partial charge in [0.15, 0.2) is 11.4 Å². The number of furan rings is 1. The highest BCUT2D eigenvalue weighted by Gasteiger charge is 2.21. The number of nitrogens with two attached hydrogens (primary N) is 1. The van der Waals surface area contributed by atoms with E-state index in [9.17, 15) is 0 Å². The third kappa shape index (κ3) is 3.07. The van der Waals surface area contributed by atoms with Crippen LogP contribution in [0.15, 0.2) is 39.5 Å². The van der Waals surface area contributed by atoms with Gasteiger partial charge in [0.1, 0.15) is 11.6 Å². The molecule has 1 fully saturated rings. The predicted octanol–water partition coefficient (Wildman–Crippen LogP) is 1.59. The number of rotatable bonds is 4. The van der Waals surface area contributed by atoms with Crippen molar-refractivity contribution in [3.63, 3.8) is 0 Å². The van der Waals surface area contributed by atoms with Gasteiger partial charge in [-0.05, 0) is 19.1 Å². The average molecular weight is 380 g/mol. The first-order valence-electron chi connectivity index (χ1n) is 9.12. The van der Waals surface area contributed by atoms with Gasteiger partial charge in [-0.3, -0.25) is 4.90 Å². The van der Waals surface area contributed by atoms with Crippen molar-refractivity contribution in [2.75, 3.05) is 36.8 Å². The molecule has 0 radical (unpaired) electrons. The maximum Gasteiger partial charge on any atom is 0.225 e. The lowest BCUT2D eigenvalue weighted by atomic mass is 10.2. The topological polar surface area (TPSA) is 115 Å². The zero-order valence-electron chi connectivity index (χ0n) is 15.4. The van der Waals surface area contributed by atoms with Gasteiger partial charge >= 0.3 is 0 Å². The molecule has 0 aromatic carbocycles. The second kappa shape index (κ2) is 6.64. The molecule has 4 aromatic rings. The summed E-state index contributed by atoms with van der Waals surface area (Å²) in [4.78, 5) is 13.6. The van der Waals surface area contributed by atoms with Crippen molar-refractivity contribution in [3.8, 4) is 11.6 Å². The van der Waals surface area contributed by atoms with E-state index in [2.05, 4.69) is 30.0 Å². The van der Waals surface area contributed by atoms with E-state index in [1.165, 1.54) is 4.52 Å². The van der Waals surface area contributed by atoms with Gasteiger partial charge in [0.2, 0.25) is 11.8 Å². The van der Waals surface area contributed by atoms with E-state index in [0.717, 1.165) is 50.0 Å². The van der Waals surface area contributed by atoms with Gasteiger partial charge in [-0.15, -0.1) is 5.10 Å². The lowest BCUT2D eigenvalue weighted by Gasteiger charge is -2.34. The fraction of sp³-hybridized carbons (Fsp3) is 0.333. The molecule has 4 aromatic heterocycles. The molecule has 1 saturated heterocycles. The second-order valence-corrected chi connectivity index (χ2v) is 6.85. The molecular formula is C18H20N8O2. The second-order valence-electron chi connectivity index (χ2n) is 6.85. The monoisotopic (exact) mass is 380 g/mol. The van der Waals surface area contributed by atoms with E-state index in [0.29, 0.717) is 23.2 Å². The summed E-state index contributed by atoms with van der Waals surface area (Å²) in [6.07, 6.45) is 1.59. The summed E-state index contributed by atoms with van der Waals surface area (Å²) in [5.74, 6) is 3.03. The van der Waals surface area contributed by atoms with Crippen molar-refractivity contribution < 1.29 is 8.94 Å². The van der Waals surface area contributed by atoms with Crippen LogP contribution in [0.3, 0.4) is 0 Å². The van der Waals surface area contributed by atoms with Gasteiger partial charge in [-0.25, -0.2) is 4.98 Å². The Morgan fingerprint density at radius 2 is 2.00 bits per heavy atom. The quantitative estimate of drug-likeness (QED) is 0.563. The van der Waals surface area contributed by atoms with Crippen LogP contribution < -0.4 is 10.6 Å². The van der Waals surface area contributed by atoms with Crippen molar-refractivity contribution in [1.29, 1.82) is 0 Å². The van der Waals surface area contributed by atoms with Crippen LogP contribution in [0.1, 0.15) is 11.5 Å². The lowest BCUT2D eigenvalue weighted by molar-refractivity contribution is 0.241. The van der Waals surface area contributed by atoms with Crippen LogP contribution in [0.5, 0.6) is 0 Å². The van der Waals surface area contributed by atoms with Crippen LogP contribution in [0, 0.1) is 6.92 Å². The summed E-state index contributed by atoms with van der Waals surface area (Å²) in [6.45, 7) is 6.20. The van der Waals surface area contributed by atoms with Crippen LogP contribution in [0.2, 0.25) is 0 Å². The van der Waals surface area contributed by atoms with E-state index in [1.807, 2.05) is 25.1 Å². The van der Waals surface area contributed by atoms with Crippen molar-refractivity contribution in [1.82, 2.24) is 29.6 Å². The predicted molar refractivity (Wildman–Crippen MR) is 102 cm³/mol. The summed E-state index contributed by atoms with van der Waals surface area (Å²) in [7, 11) is 0. The van der Waals surface area contributed by atoms with Crippen molar-refractivity contribution >= 4 is 17.4 Å². The molecule has 1 aliphatic heterocycles. The maximum atomic E-state index is 6.13. The maximum absolute atomic E-state index is 6.13. The number of aryl methyl sites for hydroxylation is 1. The third-order valence-corrected chi connectivity index (χ3v) is 4.84. The Balaban J connectivity index is 1.32. The number of hydrogen-bond donors (Lipinski definition) is 1. The Kier molecular flexibility index (Phi) is 3.97. The first kappa shape index (κ1) is 16.8. The Labute approximate surface area is 160 Å². The zero-order valence-corrected chi connectivity index (χ0v) is 15.4. The Morgan fingerprint density at radius 3 is 2.71 bits per heavy atom. The van der Waals surface area contributed by atoms with Gasteiger partial charge in [-0.2, -0.15) is 9.50 Å². The number of hydrogen-bond acceptors (Lipinski definition) is 9. The molecule has 0 unspecified atom stereocenters. The number of nitrogen functional groups attached to an aromatic ring is 1. The summed E-state index contributed by atoms with van der Waals surface area (Å²) < 4.78 is 12.0. The van der Waals surface area contributed by atoms with Crippen LogP contribution in [0.25, 0.3) is 17.2 Å². The highest BCUT2D eigenvalue weighted by Crippen LogP contribution is 2.22. The zero-order chi connectivity index (χ0) is 19.1. The van der Waals surface area contributed by atoms with Gasteiger partial charge in [0.05, 0.1) is 12.0 Å². The average Bonchev–Trinajstić information content (AvgIpc) is 3.42. The summed E-state index contributed by atoms with van der Waals surface area (Å²) >= 11 is 0. The fourth-order valence-corrected chi connectivity index (χ4v) is 3.43. The number of piperazine rings is 1. The first-order valence-corrected chi connectivity index (χ1v) is 9.12. The molecule has 1 aliphatic rings. The molecule has 0 aliphatic carbocycles. The van der Waals surface area contributed by atoms with Crippen LogP contribution in [-0.4, -0.2) is 55.8 Å². The highest BCUT2D eigenvalue weighted by molar-refractivity contribution is 5.59. The SMILES string of the molecule is Cc1cc(CN2CCN(c3cc4nc(-c5ccco5)nn4c(N)n3)CC2)no1. The van der Waals surface area contributed by atoms with E-state index in [-0.39, 0.29) is 0 Å². The molecule has 0 bridgehead atoms. The highest BCUT2D eigenvalue weighted by atomic mass is 16.5. The molecular weight excluding hydrogens is 360 g/mol. The van der Waals surface area contributed by atoms with E-state index in [1.54, 1.807) is 12.3 Å². The smallest absolute Gasteiger partial charge is 0.225 e. The molecule has 5 rings (SSSR count). The third-order valence-electron chi connectivity index (χ3n) is 4.84. The van der Waals surface area contributed by atoms with E-state index >= 15 is 0 Å². The molecule has 2 N–H and O–H groups in total. The molecule has 10 nitrogen and oxygen atoms in total. The normalized spacial score (nSPS) is 15.5. The van der Waals surface area contributed by atoms with Crippen molar-refractivity contribution in [2.24, 2.45) is 0 Å².